The van der Waals surface area contributed by atoms with Gasteiger partial charge in [-0.05, 0) is 24.3 Å². The van der Waals surface area contributed by atoms with Crippen LogP contribution < -0.4 is 4.74 Å². The Kier molecular flexibility index (Phi) is 4.99. The Labute approximate surface area is 150 Å². The van der Waals surface area contributed by atoms with Crippen LogP contribution in [0.3, 0.4) is 0 Å². The van der Waals surface area contributed by atoms with Crippen LogP contribution in [0.4, 0.5) is 0 Å². The predicted octanol–water partition coefficient (Wildman–Crippen LogP) is 3.90. The first-order valence-electron chi connectivity index (χ1n) is 7.93. The zero-order valence-electron chi connectivity index (χ0n) is 13.8. The van der Waals surface area contributed by atoms with Crippen molar-refractivity contribution in [3.05, 3.63) is 95.1 Å². The summed E-state index contributed by atoms with van der Waals surface area (Å²) in [6.07, 6.45) is 0. The van der Waals surface area contributed by atoms with E-state index in [1.807, 2.05) is 6.07 Å². The minimum Gasteiger partial charge on any atom is -0.508 e. The smallest absolute Gasteiger partial charge is 0.335 e. The summed E-state index contributed by atoms with van der Waals surface area (Å²) in [6, 6.07) is 19.8. The normalized spacial score (nSPS) is 10.3. The van der Waals surface area contributed by atoms with E-state index in [0.717, 1.165) is 0 Å². The lowest BCUT2D eigenvalue weighted by Gasteiger charge is -2.12. The molecule has 5 nitrogen and oxygen atoms in total. The molecular weight excluding hydrogens is 332 g/mol. The van der Waals surface area contributed by atoms with E-state index in [-0.39, 0.29) is 23.7 Å². The van der Waals surface area contributed by atoms with Crippen LogP contribution in [0.25, 0.3) is 0 Å². The van der Waals surface area contributed by atoms with Crippen LogP contribution in [0.2, 0.25) is 0 Å². The molecular formula is C21H16O5. The van der Waals surface area contributed by atoms with E-state index in [9.17, 15) is 14.7 Å². The second-order valence-electron chi connectivity index (χ2n) is 5.63. The van der Waals surface area contributed by atoms with Gasteiger partial charge in [-0.3, -0.25) is 4.79 Å². The van der Waals surface area contributed by atoms with Gasteiger partial charge in [0.15, 0.2) is 5.78 Å². The van der Waals surface area contributed by atoms with Crippen LogP contribution in [0.15, 0.2) is 72.8 Å². The van der Waals surface area contributed by atoms with Crippen molar-refractivity contribution >= 4 is 11.8 Å². The van der Waals surface area contributed by atoms with Crippen molar-refractivity contribution in [2.75, 3.05) is 0 Å². The number of ether oxygens (including phenoxy) is 1. The predicted molar refractivity (Wildman–Crippen MR) is 95.7 cm³/mol. The Balaban J connectivity index is 1.81. The molecule has 0 spiro atoms. The largest absolute Gasteiger partial charge is 0.508 e. The van der Waals surface area contributed by atoms with Crippen LogP contribution in [0.5, 0.6) is 11.5 Å². The standard InChI is InChI=1S/C21H16O5/c22-18-12-15(21(24)25)10-11-16(18)13-26-19-9-5-4-8-17(19)20(23)14-6-2-1-3-7-14/h1-12,22H,13H2,(H,24,25). The maximum Gasteiger partial charge on any atom is 0.335 e. The van der Waals surface area contributed by atoms with Crippen molar-refractivity contribution in [2.45, 2.75) is 6.61 Å². The number of carboxylic acids is 1. The van der Waals surface area contributed by atoms with Crippen molar-refractivity contribution in [1.82, 2.24) is 0 Å². The number of hydrogen-bond donors (Lipinski definition) is 2. The number of hydrogen-bond acceptors (Lipinski definition) is 4. The molecule has 2 N–H and O–H groups in total. The number of ketones is 1. The summed E-state index contributed by atoms with van der Waals surface area (Å²) in [5.74, 6) is -1.06. The lowest BCUT2D eigenvalue weighted by molar-refractivity contribution is 0.0696. The molecule has 0 amide bonds. The lowest BCUT2D eigenvalue weighted by Crippen LogP contribution is -2.06. The molecule has 0 saturated heterocycles. The SMILES string of the molecule is O=C(O)c1ccc(COc2ccccc2C(=O)c2ccccc2)c(O)c1. The van der Waals surface area contributed by atoms with Gasteiger partial charge in [0, 0.05) is 11.1 Å². The summed E-state index contributed by atoms with van der Waals surface area (Å²) < 4.78 is 5.72. The molecule has 0 saturated carbocycles. The number of carbonyl (C=O) groups excluding carboxylic acids is 1. The summed E-state index contributed by atoms with van der Waals surface area (Å²) in [4.78, 5) is 23.6. The van der Waals surface area contributed by atoms with Gasteiger partial charge in [-0.15, -0.1) is 0 Å². The van der Waals surface area contributed by atoms with E-state index < -0.39 is 5.97 Å². The Morgan fingerprint density at radius 2 is 1.54 bits per heavy atom. The molecule has 5 heteroatoms. The fraction of sp³-hybridized carbons (Fsp3) is 0.0476. The fourth-order valence-electron chi connectivity index (χ4n) is 2.50. The lowest BCUT2D eigenvalue weighted by atomic mass is 10.0. The van der Waals surface area contributed by atoms with Crippen LogP contribution in [0, 0.1) is 0 Å². The third-order valence-corrected chi connectivity index (χ3v) is 3.88. The van der Waals surface area contributed by atoms with Crippen molar-refractivity contribution in [2.24, 2.45) is 0 Å². The van der Waals surface area contributed by atoms with E-state index in [1.165, 1.54) is 18.2 Å². The minimum absolute atomic E-state index is 0.00478. The third kappa shape index (κ3) is 3.72. The van der Waals surface area contributed by atoms with Gasteiger partial charge in [0.05, 0.1) is 11.1 Å². The molecule has 0 aliphatic rings. The van der Waals surface area contributed by atoms with E-state index in [0.29, 0.717) is 22.4 Å². The summed E-state index contributed by atoms with van der Waals surface area (Å²) in [5, 5.41) is 18.9. The van der Waals surface area contributed by atoms with Gasteiger partial charge in [0.2, 0.25) is 0 Å². The molecule has 0 fully saturated rings. The third-order valence-electron chi connectivity index (χ3n) is 3.88. The quantitative estimate of drug-likeness (QED) is 0.660. The van der Waals surface area contributed by atoms with E-state index >= 15 is 0 Å². The zero-order valence-corrected chi connectivity index (χ0v) is 13.8. The maximum atomic E-state index is 12.7. The molecule has 3 aromatic rings. The van der Waals surface area contributed by atoms with Gasteiger partial charge in [0.25, 0.3) is 0 Å². The first kappa shape index (κ1) is 17.2. The fourth-order valence-corrected chi connectivity index (χ4v) is 2.50. The van der Waals surface area contributed by atoms with Crippen LogP contribution in [0.1, 0.15) is 31.8 Å². The van der Waals surface area contributed by atoms with Gasteiger partial charge in [-0.2, -0.15) is 0 Å². The molecule has 0 radical (unpaired) electrons. The number of aromatic carboxylic acids is 1. The summed E-state index contributed by atoms with van der Waals surface area (Å²) in [7, 11) is 0. The van der Waals surface area contributed by atoms with E-state index in [2.05, 4.69) is 0 Å². The Hall–Kier alpha value is -3.60. The summed E-state index contributed by atoms with van der Waals surface area (Å²) in [6.45, 7) is 0.00478. The molecule has 3 rings (SSSR count). The van der Waals surface area contributed by atoms with E-state index in [4.69, 9.17) is 9.84 Å². The van der Waals surface area contributed by atoms with Crippen LogP contribution in [-0.2, 0) is 6.61 Å². The second-order valence-corrected chi connectivity index (χ2v) is 5.63. The average molecular weight is 348 g/mol. The van der Waals surface area contributed by atoms with Crippen molar-refractivity contribution in [3.8, 4) is 11.5 Å². The highest BCUT2D eigenvalue weighted by Gasteiger charge is 2.15. The highest BCUT2D eigenvalue weighted by atomic mass is 16.5. The highest BCUT2D eigenvalue weighted by Crippen LogP contribution is 2.25. The number of para-hydroxylation sites is 1. The first-order valence-corrected chi connectivity index (χ1v) is 7.93. The number of phenolic OH excluding ortho intramolecular Hbond substituents is 1. The molecule has 0 bridgehead atoms. The number of aromatic hydroxyl groups is 1. The molecule has 26 heavy (non-hydrogen) atoms. The molecule has 0 heterocycles. The van der Waals surface area contributed by atoms with Gasteiger partial charge in [-0.25, -0.2) is 4.79 Å². The summed E-state index contributed by atoms with van der Waals surface area (Å²) >= 11 is 0. The number of rotatable bonds is 6. The summed E-state index contributed by atoms with van der Waals surface area (Å²) in [5.41, 5.74) is 1.39. The average Bonchev–Trinajstić information content (AvgIpc) is 2.67. The Morgan fingerprint density at radius 1 is 0.846 bits per heavy atom. The molecule has 0 aliphatic carbocycles. The monoisotopic (exact) mass is 348 g/mol. The molecule has 0 atom stereocenters. The zero-order chi connectivity index (χ0) is 18.5. The number of phenols is 1. The molecule has 0 aromatic heterocycles. The molecule has 130 valence electrons. The van der Waals surface area contributed by atoms with Gasteiger partial charge >= 0.3 is 5.97 Å². The number of benzene rings is 3. The first-order chi connectivity index (χ1) is 12.6. The van der Waals surface area contributed by atoms with Gasteiger partial charge < -0.3 is 14.9 Å². The highest BCUT2D eigenvalue weighted by molar-refractivity contribution is 6.10. The number of carbonyl (C=O) groups is 2. The molecule has 0 aliphatic heterocycles. The maximum absolute atomic E-state index is 12.7. The van der Waals surface area contributed by atoms with Crippen LogP contribution >= 0.6 is 0 Å². The minimum atomic E-state index is -1.12. The Morgan fingerprint density at radius 3 is 2.23 bits per heavy atom. The topological polar surface area (TPSA) is 83.8 Å². The van der Waals surface area contributed by atoms with Gasteiger partial charge in [0.1, 0.15) is 18.1 Å². The second kappa shape index (κ2) is 7.53. The van der Waals surface area contributed by atoms with E-state index in [1.54, 1.807) is 48.5 Å². The number of carboxylic acid groups (broad SMARTS) is 1. The molecule has 0 unspecified atom stereocenters. The Bertz CT molecular complexity index is 948. The van der Waals surface area contributed by atoms with Gasteiger partial charge in [-0.1, -0.05) is 48.5 Å². The molecule has 3 aromatic carbocycles. The van der Waals surface area contributed by atoms with Crippen molar-refractivity contribution in [1.29, 1.82) is 0 Å². The van der Waals surface area contributed by atoms with Crippen molar-refractivity contribution < 1.29 is 24.5 Å². The van der Waals surface area contributed by atoms with Crippen molar-refractivity contribution in [3.63, 3.8) is 0 Å². The van der Waals surface area contributed by atoms with Crippen LogP contribution in [-0.4, -0.2) is 22.0 Å².